The monoisotopic (exact) mass is 337 g/mol. The van der Waals surface area contributed by atoms with Crippen molar-refractivity contribution in [2.45, 2.75) is 0 Å². The van der Waals surface area contributed by atoms with Gasteiger partial charge in [-0.2, -0.15) is 0 Å². The quantitative estimate of drug-likeness (QED) is 0.835. The van der Waals surface area contributed by atoms with Crippen LogP contribution in [0.15, 0.2) is 24.3 Å². The highest BCUT2D eigenvalue weighted by molar-refractivity contribution is 7.21. The summed E-state index contributed by atoms with van der Waals surface area (Å²) in [7, 11) is 0. The molecule has 2 aromatic rings. The average Bonchev–Trinajstić information content (AvgIpc) is 3.02. The third kappa shape index (κ3) is 2.65. The molecule has 6 nitrogen and oxygen atoms in total. The van der Waals surface area contributed by atoms with Gasteiger partial charge < -0.3 is 10.6 Å². The van der Waals surface area contributed by atoms with E-state index in [4.69, 9.17) is 11.6 Å². The second-order valence-corrected chi connectivity index (χ2v) is 6.13. The minimum atomic E-state index is -0.431. The van der Waals surface area contributed by atoms with Gasteiger partial charge in [-0.1, -0.05) is 29.8 Å². The summed E-state index contributed by atoms with van der Waals surface area (Å²) < 4.78 is 0.937. The second kappa shape index (κ2) is 5.94. The maximum atomic E-state index is 12.2. The molecule has 22 heavy (non-hydrogen) atoms. The van der Waals surface area contributed by atoms with Gasteiger partial charge >= 0.3 is 6.03 Å². The van der Waals surface area contributed by atoms with Crippen LogP contribution >= 0.6 is 22.9 Å². The number of fused-ring (bicyclic) bond motifs is 1. The molecule has 1 aromatic carbocycles. The van der Waals surface area contributed by atoms with Crippen LogP contribution < -0.4 is 10.6 Å². The number of thiophene rings is 1. The Morgan fingerprint density at radius 3 is 2.82 bits per heavy atom. The Balaban J connectivity index is 1.65. The molecule has 0 radical (unpaired) electrons. The molecule has 8 heteroatoms. The molecule has 1 saturated heterocycles. The van der Waals surface area contributed by atoms with E-state index in [2.05, 4.69) is 10.6 Å². The van der Waals surface area contributed by atoms with Crippen molar-refractivity contribution in [3.63, 3.8) is 0 Å². The molecule has 2 N–H and O–H groups in total. The summed E-state index contributed by atoms with van der Waals surface area (Å²) in [5.41, 5.74) is 0. The lowest BCUT2D eigenvalue weighted by Crippen LogP contribution is -2.38. The van der Waals surface area contributed by atoms with Crippen molar-refractivity contribution in [3.8, 4) is 0 Å². The average molecular weight is 338 g/mol. The fraction of sp³-hybridized carbons (Fsp3) is 0.214. The predicted octanol–water partition coefficient (Wildman–Crippen LogP) is 1.84. The molecule has 0 saturated carbocycles. The van der Waals surface area contributed by atoms with E-state index >= 15 is 0 Å². The van der Waals surface area contributed by atoms with Crippen LogP contribution in [0.25, 0.3) is 10.1 Å². The van der Waals surface area contributed by atoms with Crippen molar-refractivity contribution in [1.29, 1.82) is 0 Å². The topological polar surface area (TPSA) is 78.5 Å². The van der Waals surface area contributed by atoms with Gasteiger partial charge in [-0.25, -0.2) is 4.79 Å². The number of benzene rings is 1. The summed E-state index contributed by atoms with van der Waals surface area (Å²) >= 11 is 7.54. The SMILES string of the molecule is O=C(NCCN1C(=O)CNC1=O)c1sc2ccccc2c1Cl. The van der Waals surface area contributed by atoms with E-state index in [-0.39, 0.29) is 31.4 Å². The van der Waals surface area contributed by atoms with E-state index in [0.29, 0.717) is 9.90 Å². The fourth-order valence-electron chi connectivity index (χ4n) is 2.20. The molecule has 3 rings (SSSR count). The first-order valence-electron chi connectivity index (χ1n) is 6.61. The molecule has 4 amide bonds. The minimum absolute atomic E-state index is 0.00885. The minimum Gasteiger partial charge on any atom is -0.349 e. The fourth-order valence-corrected chi connectivity index (χ4v) is 3.64. The van der Waals surface area contributed by atoms with Crippen LogP contribution in [0.3, 0.4) is 0 Å². The molecule has 114 valence electrons. The summed E-state index contributed by atoms with van der Waals surface area (Å²) in [4.78, 5) is 36.5. The van der Waals surface area contributed by atoms with Crippen molar-refractivity contribution in [3.05, 3.63) is 34.2 Å². The van der Waals surface area contributed by atoms with Gasteiger partial charge in [0.25, 0.3) is 5.91 Å². The number of nitrogens with one attached hydrogen (secondary N) is 2. The molecular formula is C14H12ClN3O3S. The van der Waals surface area contributed by atoms with E-state index in [1.807, 2.05) is 24.3 Å². The molecule has 1 aliphatic rings. The van der Waals surface area contributed by atoms with Crippen LogP contribution in [0.1, 0.15) is 9.67 Å². The molecule has 2 heterocycles. The van der Waals surface area contributed by atoms with Crippen LogP contribution in [0.2, 0.25) is 5.02 Å². The third-order valence-corrected chi connectivity index (χ3v) is 4.97. The highest BCUT2D eigenvalue weighted by Gasteiger charge is 2.28. The zero-order valence-electron chi connectivity index (χ0n) is 11.4. The number of imide groups is 1. The zero-order chi connectivity index (χ0) is 15.7. The third-order valence-electron chi connectivity index (χ3n) is 3.30. The normalized spacial score (nSPS) is 14.5. The Morgan fingerprint density at radius 1 is 1.36 bits per heavy atom. The number of hydrogen-bond acceptors (Lipinski definition) is 4. The van der Waals surface area contributed by atoms with Gasteiger partial charge in [-0.05, 0) is 6.07 Å². The van der Waals surface area contributed by atoms with Gasteiger partial charge in [-0.15, -0.1) is 11.3 Å². The number of carbonyl (C=O) groups excluding carboxylic acids is 3. The zero-order valence-corrected chi connectivity index (χ0v) is 13.0. The standard InChI is InChI=1S/C14H12ClN3O3S/c15-11-8-3-1-2-4-9(8)22-12(11)13(20)16-5-6-18-10(19)7-17-14(18)21/h1-4H,5-7H2,(H,16,20)(H,17,21). The summed E-state index contributed by atoms with van der Waals surface area (Å²) in [5, 5.41) is 6.37. The van der Waals surface area contributed by atoms with Crippen LogP contribution in [-0.2, 0) is 4.79 Å². The van der Waals surface area contributed by atoms with Crippen molar-refractivity contribution in [2.75, 3.05) is 19.6 Å². The van der Waals surface area contributed by atoms with Crippen LogP contribution in [-0.4, -0.2) is 42.4 Å². The number of carbonyl (C=O) groups is 3. The molecule has 1 aromatic heterocycles. The van der Waals surface area contributed by atoms with E-state index in [1.165, 1.54) is 11.3 Å². The Bertz CT molecular complexity index is 758. The number of amides is 4. The highest BCUT2D eigenvalue weighted by atomic mass is 35.5. The van der Waals surface area contributed by atoms with Gasteiger partial charge in [0.1, 0.15) is 4.88 Å². The Labute approximate surface area is 135 Å². The number of nitrogens with zero attached hydrogens (tertiary/aromatic N) is 1. The van der Waals surface area contributed by atoms with Crippen molar-refractivity contribution < 1.29 is 14.4 Å². The largest absolute Gasteiger partial charge is 0.349 e. The van der Waals surface area contributed by atoms with E-state index in [0.717, 1.165) is 15.0 Å². The first-order valence-corrected chi connectivity index (χ1v) is 7.81. The lowest BCUT2D eigenvalue weighted by Gasteiger charge is -2.12. The molecule has 1 fully saturated rings. The highest BCUT2D eigenvalue weighted by Crippen LogP contribution is 2.34. The molecule has 0 atom stereocenters. The maximum absolute atomic E-state index is 12.2. The lowest BCUT2D eigenvalue weighted by atomic mass is 10.2. The van der Waals surface area contributed by atoms with Gasteiger partial charge in [-0.3, -0.25) is 14.5 Å². The Hall–Kier alpha value is -2.12. The van der Waals surface area contributed by atoms with Crippen LogP contribution in [0, 0.1) is 0 Å². The van der Waals surface area contributed by atoms with Gasteiger partial charge in [0.05, 0.1) is 11.6 Å². The van der Waals surface area contributed by atoms with Gasteiger partial charge in [0.2, 0.25) is 5.91 Å². The van der Waals surface area contributed by atoms with Crippen LogP contribution in [0.4, 0.5) is 4.79 Å². The first kappa shape index (κ1) is 14.8. The number of urea groups is 1. The molecule has 1 aliphatic heterocycles. The molecule has 0 bridgehead atoms. The van der Waals surface area contributed by atoms with Gasteiger partial charge in [0.15, 0.2) is 0 Å². The summed E-state index contributed by atoms with van der Waals surface area (Å²) in [6.45, 7) is 0.330. The number of hydrogen-bond donors (Lipinski definition) is 2. The number of halogens is 1. The smallest absolute Gasteiger partial charge is 0.324 e. The van der Waals surface area contributed by atoms with Gasteiger partial charge in [0, 0.05) is 23.2 Å². The van der Waals surface area contributed by atoms with Crippen molar-refractivity contribution in [1.82, 2.24) is 15.5 Å². The van der Waals surface area contributed by atoms with Crippen LogP contribution in [0.5, 0.6) is 0 Å². The number of rotatable bonds is 4. The molecule has 0 spiro atoms. The maximum Gasteiger partial charge on any atom is 0.324 e. The van der Waals surface area contributed by atoms with E-state index in [9.17, 15) is 14.4 Å². The summed E-state index contributed by atoms with van der Waals surface area (Å²) in [6.07, 6.45) is 0. The van der Waals surface area contributed by atoms with Crippen molar-refractivity contribution in [2.24, 2.45) is 0 Å². The second-order valence-electron chi connectivity index (χ2n) is 4.70. The Kier molecular flexibility index (Phi) is 4.00. The molecule has 0 aliphatic carbocycles. The predicted molar refractivity (Wildman–Crippen MR) is 84.3 cm³/mol. The van der Waals surface area contributed by atoms with E-state index < -0.39 is 6.03 Å². The summed E-state index contributed by atoms with van der Waals surface area (Å²) in [5.74, 6) is -0.600. The first-order chi connectivity index (χ1) is 10.6. The Morgan fingerprint density at radius 2 is 2.14 bits per heavy atom. The lowest BCUT2D eigenvalue weighted by molar-refractivity contribution is -0.124. The molecular weight excluding hydrogens is 326 g/mol. The van der Waals surface area contributed by atoms with E-state index in [1.54, 1.807) is 0 Å². The summed E-state index contributed by atoms with van der Waals surface area (Å²) in [6, 6.07) is 7.07. The molecule has 0 unspecified atom stereocenters. The van der Waals surface area contributed by atoms with Crippen molar-refractivity contribution >= 4 is 50.9 Å².